The molecule has 0 bridgehead atoms. The number of nitrogens with one attached hydrogen (secondary N) is 1. The number of methoxy groups -OCH3 is 2. The SMILES string of the molecule is COc1ccc(NC(=O)N2CCC(Cn3ccnc3-c3ccccc3)CC2)c(OC)c1. The highest BCUT2D eigenvalue weighted by molar-refractivity contribution is 5.91. The summed E-state index contributed by atoms with van der Waals surface area (Å²) in [4.78, 5) is 19.2. The molecular weight excluding hydrogens is 392 g/mol. The van der Waals surface area contributed by atoms with E-state index in [2.05, 4.69) is 27.0 Å². The molecule has 1 fully saturated rings. The van der Waals surface area contributed by atoms with Crippen LogP contribution >= 0.6 is 0 Å². The number of carbonyl (C=O) groups is 1. The molecule has 4 rings (SSSR count). The molecule has 162 valence electrons. The van der Waals surface area contributed by atoms with Crippen LogP contribution < -0.4 is 14.8 Å². The number of aromatic nitrogens is 2. The van der Waals surface area contributed by atoms with Crippen LogP contribution in [0.2, 0.25) is 0 Å². The molecule has 2 heterocycles. The first-order chi connectivity index (χ1) is 15.2. The predicted octanol–water partition coefficient (Wildman–Crippen LogP) is 4.51. The molecule has 1 aliphatic rings. The van der Waals surface area contributed by atoms with Gasteiger partial charge in [-0.05, 0) is 30.9 Å². The van der Waals surface area contributed by atoms with Crippen molar-refractivity contribution in [3.05, 3.63) is 60.9 Å². The van der Waals surface area contributed by atoms with Gasteiger partial charge in [-0.2, -0.15) is 0 Å². The molecule has 1 aliphatic heterocycles. The molecule has 1 N–H and O–H groups in total. The van der Waals surface area contributed by atoms with E-state index in [0.29, 0.717) is 23.1 Å². The van der Waals surface area contributed by atoms with Crippen molar-refractivity contribution in [3.63, 3.8) is 0 Å². The molecule has 0 spiro atoms. The van der Waals surface area contributed by atoms with Crippen molar-refractivity contribution in [2.45, 2.75) is 19.4 Å². The van der Waals surface area contributed by atoms with Crippen LogP contribution in [0.1, 0.15) is 12.8 Å². The van der Waals surface area contributed by atoms with E-state index in [-0.39, 0.29) is 6.03 Å². The van der Waals surface area contributed by atoms with Crippen LogP contribution in [0.15, 0.2) is 60.9 Å². The molecule has 31 heavy (non-hydrogen) atoms. The lowest BCUT2D eigenvalue weighted by Crippen LogP contribution is -2.41. The molecule has 0 unspecified atom stereocenters. The van der Waals surface area contributed by atoms with Gasteiger partial charge in [0.05, 0.1) is 19.9 Å². The summed E-state index contributed by atoms with van der Waals surface area (Å²) in [6.45, 7) is 2.36. The molecule has 1 aromatic heterocycles. The van der Waals surface area contributed by atoms with E-state index in [4.69, 9.17) is 9.47 Å². The monoisotopic (exact) mass is 420 g/mol. The Morgan fingerprint density at radius 1 is 1.10 bits per heavy atom. The fourth-order valence-electron chi connectivity index (χ4n) is 4.00. The number of hydrogen-bond acceptors (Lipinski definition) is 4. The third-order valence-corrected chi connectivity index (χ3v) is 5.75. The molecule has 0 atom stereocenters. The Morgan fingerprint density at radius 2 is 1.87 bits per heavy atom. The topological polar surface area (TPSA) is 68.6 Å². The fraction of sp³-hybridized carbons (Fsp3) is 0.333. The van der Waals surface area contributed by atoms with Gasteiger partial charge in [-0.15, -0.1) is 0 Å². The summed E-state index contributed by atoms with van der Waals surface area (Å²) in [5, 5.41) is 2.96. The highest BCUT2D eigenvalue weighted by atomic mass is 16.5. The normalized spacial score (nSPS) is 14.3. The van der Waals surface area contributed by atoms with E-state index >= 15 is 0 Å². The number of imidazole rings is 1. The molecule has 2 amide bonds. The van der Waals surface area contributed by atoms with Crippen LogP contribution in [0.3, 0.4) is 0 Å². The lowest BCUT2D eigenvalue weighted by Gasteiger charge is -2.32. The van der Waals surface area contributed by atoms with E-state index in [1.54, 1.807) is 32.4 Å². The summed E-state index contributed by atoms with van der Waals surface area (Å²) in [6, 6.07) is 15.5. The zero-order valence-corrected chi connectivity index (χ0v) is 18.0. The van der Waals surface area contributed by atoms with Gasteiger partial charge in [-0.25, -0.2) is 9.78 Å². The van der Waals surface area contributed by atoms with Crippen LogP contribution in [0.25, 0.3) is 11.4 Å². The first kappa shape index (κ1) is 20.8. The average Bonchev–Trinajstić information content (AvgIpc) is 3.28. The highest BCUT2D eigenvalue weighted by Gasteiger charge is 2.24. The van der Waals surface area contributed by atoms with Crippen molar-refractivity contribution in [2.24, 2.45) is 5.92 Å². The van der Waals surface area contributed by atoms with Gasteiger partial charge in [0.2, 0.25) is 0 Å². The molecule has 2 aromatic carbocycles. The summed E-state index contributed by atoms with van der Waals surface area (Å²) < 4.78 is 12.8. The van der Waals surface area contributed by atoms with Crippen LogP contribution in [-0.2, 0) is 6.54 Å². The highest BCUT2D eigenvalue weighted by Crippen LogP contribution is 2.30. The zero-order chi connectivity index (χ0) is 21.6. The second kappa shape index (κ2) is 9.55. The number of carbonyl (C=O) groups excluding carboxylic acids is 1. The maximum atomic E-state index is 12.8. The Labute approximate surface area is 182 Å². The summed E-state index contributed by atoms with van der Waals surface area (Å²) in [5.41, 5.74) is 1.76. The van der Waals surface area contributed by atoms with Gasteiger partial charge < -0.3 is 24.3 Å². The third kappa shape index (κ3) is 4.82. The van der Waals surface area contributed by atoms with E-state index in [1.165, 1.54) is 0 Å². The minimum atomic E-state index is -0.102. The van der Waals surface area contributed by atoms with E-state index in [0.717, 1.165) is 43.9 Å². The number of anilines is 1. The number of nitrogens with zero attached hydrogens (tertiary/aromatic N) is 3. The van der Waals surface area contributed by atoms with E-state index in [9.17, 15) is 4.79 Å². The summed E-state index contributed by atoms with van der Waals surface area (Å²) in [7, 11) is 3.18. The molecule has 0 saturated carbocycles. The number of benzene rings is 2. The van der Waals surface area contributed by atoms with E-state index < -0.39 is 0 Å². The Kier molecular flexibility index (Phi) is 6.40. The maximum absolute atomic E-state index is 12.8. The number of ether oxygens (including phenoxy) is 2. The number of rotatable bonds is 6. The molecule has 3 aromatic rings. The van der Waals surface area contributed by atoms with Crippen LogP contribution in [0.5, 0.6) is 11.5 Å². The van der Waals surface area contributed by atoms with Gasteiger partial charge in [-0.3, -0.25) is 0 Å². The average molecular weight is 421 g/mol. The van der Waals surface area contributed by atoms with Crippen molar-refractivity contribution in [3.8, 4) is 22.9 Å². The fourth-order valence-corrected chi connectivity index (χ4v) is 4.00. The first-order valence-electron chi connectivity index (χ1n) is 10.5. The predicted molar refractivity (Wildman–Crippen MR) is 121 cm³/mol. The van der Waals surface area contributed by atoms with Crippen molar-refractivity contribution >= 4 is 11.7 Å². The lowest BCUT2D eigenvalue weighted by molar-refractivity contribution is 0.177. The van der Waals surface area contributed by atoms with Crippen molar-refractivity contribution in [1.82, 2.24) is 14.5 Å². The smallest absolute Gasteiger partial charge is 0.321 e. The number of amides is 2. The van der Waals surface area contributed by atoms with Gasteiger partial charge in [0.15, 0.2) is 0 Å². The largest absolute Gasteiger partial charge is 0.497 e. The van der Waals surface area contributed by atoms with Crippen molar-refractivity contribution in [2.75, 3.05) is 32.6 Å². The van der Waals surface area contributed by atoms with Crippen LogP contribution in [-0.4, -0.2) is 47.8 Å². The summed E-state index contributed by atoms with van der Waals surface area (Å²) >= 11 is 0. The van der Waals surface area contributed by atoms with Gasteiger partial charge in [0.25, 0.3) is 0 Å². The van der Waals surface area contributed by atoms with Crippen LogP contribution in [0.4, 0.5) is 10.5 Å². The standard InChI is InChI=1S/C24H28N4O3/c1-30-20-8-9-21(22(16-20)31-2)26-24(29)27-13-10-18(11-14-27)17-28-15-12-25-23(28)19-6-4-3-5-7-19/h3-9,12,15-16,18H,10-11,13-14,17H2,1-2H3,(H,26,29). The second-order valence-corrected chi connectivity index (χ2v) is 7.70. The quantitative estimate of drug-likeness (QED) is 0.637. The molecular formula is C24H28N4O3. The first-order valence-corrected chi connectivity index (χ1v) is 10.5. The van der Waals surface area contributed by atoms with Crippen LogP contribution in [0, 0.1) is 5.92 Å². The number of hydrogen-bond donors (Lipinski definition) is 1. The third-order valence-electron chi connectivity index (χ3n) is 5.75. The minimum absolute atomic E-state index is 0.102. The van der Waals surface area contributed by atoms with Gasteiger partial charge >= 0.3 is 6.03 Å². The molecule has 0 radical (unpaired) electrons. The summed E-state index contributed by atoms with van der Waals surface area (Å²) in [6.07, 6.45) is 5.81. The number of piperidine rings is 1. The lowest BCUT2D eigenvalue weighted by atomic mass is 9.97. The van der Waals surface area contributed by atoms with Crippen molar-refractivity contribution in [1.29, 1.82) is 0 Å². The molecule has 0 aliphatic carbocycles. The Balaban J connectivity index is 1.33. The van der Waals surface area contributed by atoms with Gasteiger partial charge in [0, 0.05) is 43.7 Å². The Morgan fingerprint density at radius 3 is 2.58 bits per heavy atom. The number of urea groups is 1. The number of likely N-dealkylation sites (tertiary alicyclic amines) is 1. The molecule has 7 nitrogen and oxygen atoms in total. The Bertz CT molecular complexity index is 1010. The van der Waals surface area contributed by atoms with E-state index in [1.807, 2.05) is 35.5 Å². The van der Waals surface area contributed by atoms with Crippen molar-refractivity contribution < 1.29 is 14.3 Å². The van der Waals surface area contributed by atoms with Gasteiger partial charge in [-0.1, -0.05) is 30.3 Å². The Hall–Kier alpha value is -3.48. The minimum Gasteiger partial charge on any atom is -0.497 e. The summed E-state index contributed by atoms with van der Waals surface area (Å²) in [5.74, 6) is 2.77. The second-order valence-electron chi connectivity index (χ2n) is 7.70. The molecule has 1 saturated heterocycles. The van der Waals surface area contributed by atoms with Gasteiger partial charge in [0.1, 0.15) is 17.3 Å². The maximum Gasteiger partial charge on any atom is 0.321 e. The molecule has 7 heteroatoms. The zero-order valence-electron chi connectivity index (χ0n) is 18.0.